The average Bonchev–Trinajstić information content (AvgIpc) is 2.08. The van der Waals surface area contributed by atoms with Crippen molar-refractivity contribution in [3.05, 3.63) is 34.6 Å². The SMILES string of the molecule is CC(CN)c1cccc(F)c1Cl. The highest BCUT2D eigenvalue weighted by Crippen LogP contribution is 2.25. The van der Waals surface area contributed by atoms with Crippen LogP contribution in [-0.2, 0) is 0 Å². The predicted molar refractivity (Wildman–Crippen MR) is 48.9 cm³/mol. The van der Waals surface area contributed by atoms with Crippen LogP contribution >= 0.6 is 11.6 Å². The van der Waals surface area contributed by atoms with Crippen LogP contribution in [0, 0.1) is 5.82 Å². The molecule has 1 aromatic rings. The molecule has 2 N–H and O–H groups in total. The molecule has 0 spiro atoms. The van der Waals surface area contributed by atoms with Crippen LogP contribution in [-0.4, -0.2) is 6.54 Å². The van der Waals surface area contributed by atoms with Gasteiger partial charge in [0.25, 0.3) is 0 Å². The molecule has 0 fully saturated rings. The molecule has 0 saturated carbocycles. The molecular weight excluding hydrogens is 177 g/mol. The molecule has 0 amide bonds. The van der Waals surface area contributed by atoms with Gasteiger partial charge in [0, 0.05) is 0 Å². The van der Waals surface area contributed by atoms with Gasteiger partial charge in [-0.2, -0.15) is 0 Å². The Morgan fingerprint density at radius 2 is 2.25 bits per heavy atom. The number of benzene rings is 1. The largest absolute Gasteiger partial charge is 0.330 e. The highest BCUT2D eigenvalue weighted by molar-refractivity contribution is 6.31. The third-order valence-electron chi connectivity index (χ3n) is 1.87. The van der Waals surface area contributed by atoms with E-state index < -0.39 is 0 Å². The Kier molecular flexibility index (Phi) is 3.06. The summed E-state index contributed by atoms with van der Waals surface area (Å²) in [5, 5.41) is 0.190. The van der Waals surface area contributed by atoms with Gasteiger partial charge in [-0.15, -0.1) is 0 Å². The van der Waals surface area contributed by atoms with E-state index in [-0.39, 0.29) is 16.8 Å². The first-order valence-electron chi connectivity index (χ1n) is 3.80. The maximum Gasteiger partial charge on any atom is 0.142 e. The van der Waals surface area contributed by atoms with Crippen LogP contribution in [0.25, 0.3) is 0 Å². The summed E-state index contributed by atoms with van der Waals surface area (Å²) in [6.45, 7) is 2.39. The van der Waals surface area contributed by atoms with E-state index in [1.54, 1.807) is 12.1 Å². The molecule has 1 aromatic carbocycles. The van der Waals surface area contributed by atoms with Crippen LogP contribution in [0.1, 0.15) is 18.4 Å². The average molecular weight is 188 g/mol. The van der Waals surface area contributed by atoms with Gasteiger partial charge in [-0.1, -0.05) is 30.7 Å². The zero-order valence-corrected chi connectivity index (χ0v) is 7.61. The molecule has 0 aliphatic heterocycles. The van der Waals surface area contributed by atoms with E-state index in [4.69, 9.17) is 17.3 Å². The Morgan fingerprint density at radius 3 is 2.83 bits per heavy atom. The molecule has 0 aliphatic rings. The van der Waals surface area contributed by atoms with Gasteiger partial charge >= 0.3 is 0 Å². The molecule has 1 unspecified atom stereocenters. The van der Waals surface area contributed by atoms with Gasteiger partial charge in [0.2, 0.25) is 0 Å². The topological polar surface area (TPSA) is 26.0 Å². The predicted octanol–water partition coefficient (Wildman–Crippen LogP) is 2.54. The lowest BCUT2D eigenvalue weighted by molar-refractivity contribution is 0.622. The van der Waals surface area contributed by atoms with Crippen LogP contribution < -0.4 is 5.73 Å². The quantitative estimate of drug-likeness (QED) is 0.757. The zero-order valence-electron chi connectivity index (χ0n) is 6.85. The first-order valence-corrected chi connectivity index (χ1v) is 4.18. The van der Waals surface area contributed by atoms with Crippen LogP contribution in [0.5, 0.6) is 0 Å². The third-order valence-corrected chi connectivity index (χ3v) is 2.26. The van der Waals surface area contributed by atoms with Crippen molar-refractivity contribution in [1.29, 1.82) is 0 Å². The van der Waals surface area contributed by atoms with Crippen LogP contribution in [0.3, 0.4) is 0 Å². The number of hydrogen-bond donors (Lipinski definition) is 1. The van der Waals surface area contributed by atoms with Crippen molar-refractivity contribution in [2.75, 3.05) is 6.54 Å². The summed E-state index contributed by atoms with van der Waals surface area (Å²) in [4.78, 5) is 0. The van der Waals surface area contributed by atoms with Crippen molar-refractivity contribution in [1.82, 2.24) is 0 Å². The fourth-order valence-corrected chi connectivity index (χ4v) is 1.34. The minimum absolute atomic E-state index is 0.105. The maximum absolute atomic E-state index is 12.9. The monoisotopic (exact) mass is 187 g/mol. The number of hydrogen-bond acceptors (Lipinski definition) is 1. The number of nitrogens with two attached hydrogens (primary N) is 1. The van der Waals surface area contributed by atoms with E-state index in [9.17, 15) is 4.39 Å². The molecule has 0 radical (unpaired) electrons. The summed E-state index contributed by atoms with van der Waals surface area (Å²) in [5.41, 5.74) is 6.22. The lowest BCUT2D eigenvalue weighted by atomic mass is 10.0. The van der Waals surface area contributed by atoms with E-state index in [2.05, 4.69) is 0 Å². The van der Waals surface area contributed by atoms with Crippen LogP contribution in [0.2, 0.25) is 5.02 Å². The minimum Gasteiger partial charge on any atom is -0.330 e. The Bertz CT molecular complexity index is 275. The van der Waals surface area contributed by atoms with E-state index in [0.717, 1.165) is 5.56 Å². The molecular formula is C9H11ClFN. The molecule has 1 nitrogen and oxygen atoms in total. The summed E-state index contributed by atoms with van der Waals surface area (Å²) >= 11 is 5.74. The van der Waals surface area contributed by atoms with Gasteiger partial charge < -0.3 is 5.73 Å². The van der Waals surface area contributed by atoms with Crippen LogP contribution in [0.4, 0.5) is 4.39 Å². The van der Waals surface area contributed by atoms with Gasteiger partial charge in [0.05, 0.1) is 5.02 Å². The smallest absolute Gasteiger partial charge is 0.142 e. The second-order valence-corrected chi connectivity index (χ2v) is 3.16. The Hall–Kier alpha value is -0.600. The summed E-state index contributed by atoms with van der Waals surface area (Å²) < 4.78 is 12.9. The van der Waals surface area contributed by atoms with Crippen molar-refractivity contribution in [3.8, 4) is 0 Å². The van der Waals surface area contributed by atoms with Crippen molar-refractivity contribution in [2.24, 2.45) is 5.73 Å². The van der Waals surface area contributed by atoms with Crippen molar-refractivity contribution < 1.29 is 4.39 Å². The number of rotatable bonds is 2. The standard InChI is InChI=1S/C9H11ClFN/c1-6(5-12)7-3-2-4-8(11)9(7)10/h2-4,6H,5,12H2,1H3. The molecule has 0 bridgehead atoms. The molecule has 0 aliphatic carbocycles. The van der Waals surface area contributed by atoms with E-state index >= 15 is 0 Å². The number of halogens is 2. The molecule has 3 heteroatoms. The second kappa shape index (κ2) is 3.87. The van der Waals surface area contributed by atoms with Crippen LogP contribution in [0.15, 0.2) is 18.2 Å². The zero-order chi connectivity index (χ0) is 9.14. The summed E-state index contributed by atoms with van der Waals surface area (Å²) in [7, 11) is 0. The van der Waals surface area contributed by atoms with E-state index in [1.165, 1.54) is 6.07 Å². The fraction of sp³-hybridized carbons (Fsp3) is 0.333. The fourth-order valence-electron chi connectivity index (χ4n) is 1.03. The van der Waals surface area contributed by atoms with Gasteiger partial charge in [0.15, 0.2) is 0 Å². The third kappa shape index (κ3) is 1.76. The second-order valence-electron chi connectivity index (χ2n) is 2.78. The lowest BCUT2D eigenvalue weighted by Gasteiger charge is -2.10. The minimum atomic E-state index is -0.380. The van der Waals surface area contributed by atoms with E-state index in [0.29, 0.717) is 6.54 Å². The Morgan fingerprint density at radius 1 is 1.58 bits per heavy atom. The van der Waals surface area contributed by atoms with E-state index in [1.807, 2.05) is 6.92 Å². The normalized spacial score (nSPS) is 13.0. The summed E-state index contributed by atoms with van der Waals surface area (Å²) in [6.07, 6.45) is 0. The molecule has 12 heavy (non-hydrogen) atoms. The summed E-state index contributed by atoms with van der Waals surface area (Å²) in [6, 6.07) is 4.78. The molecule has 1 atom stereocenters. The van der Waals surface area contributed by atoms with Crippen molar-refractivity contribution in [2.45, 2.75) is 12.8 Å². The highest BCUT2D eigenvalue weighted by Gasteiger charge is 2.10. The van der Waals surface area contributed by atoms with Crippen molar-refractivity contribution >= 4 is 11.6 Å². The van der Waals surface area contributed by atoms with Gasteiger partial charge in [0.1, 0.15) is 5.82 Å². The molecule has 66 valence electrons. The Labute approximate surface area is 76.3 Å². The molecule has 0 saturated heterocycles. The first kappa shape index (κ1) is 9.49. The molecule has 1 rings (SSSR count). The molecule has 0 aromatic heterocycles. The Balaban J connectivity index is 3.07. The lowest BCUT2D eigenvalue weighted by Crippen LogP contribution is -2.09. The maximum atomic E-state index is 12.9. The van der Waals surface area contributed by atoms with Gasteiger partial charge in [-0.05, 0) is 24.1 Å². The van der Waals surface area contributed by atoms with Gasteiger partial charge in [-0.3, -0.25) is 0 Å². The summed E-state index contributed by atoms with van der Waals surface area (Å²) in [5.74, 6) is -0.275. The van der Waals surface area contributed by atoms with Crippen molar-refractivity contribution in [3.63, 3.8) is 0 Å². The molecule has 0 heterocycles. The first-order chi connectivity index (χ1) is 5.66. The highest BCUT2D eigenvalue weighted by atomic mass is 35.5. The van der Waals surface area contributed by atoms with Gasteiger partial charge in [-0.25, -0.2) is 4.39 Å².